The second-order valence-corrected chi connectivity index (χ2v) is 9.94. The fraction of sp³-hybridized carbons (Fsp3) is 0.519. The molecular weight excluding hydrogens is 428 g/mol. The third-order valence-corrected chi connectivity index (χ3v) is 5.99. The zero-order valence-corrected chi connectivity index (χ0v) is 21.4. The van der Waals surface area contributed by atoms with Gasteiger partial charge in [-0.25, -0.2) is 4.79 Å². The predicted molar refractivity (Wildman–Crippen MR) is 136 cm³/mol. The molecule has 0 unspecified atom stereocenters. The SMILES string of the molecule is CNC.Cc1c(-c2cccnc2)ccc2c(CCC3CCN(C(=O)OC(C)(C)C)CC3)noc12. The van der Waals surface area contributed by atoms with Crippen molar-refractivity contribution in [2.45, 2.75) is 59.0 Å². The number of aromatic nitrogens is 2. The summed E-state index contributed by atoms with van der Waals surface area (Å²) in [6.07, 6.45) is 7.38. The first-order chi connectivity index (χ1) is 16.2. The average Bonchev–Trinajstić information content (AvgIpc) is 3.22. The molecule has 0 spiro atoms. The molecule has 1 amide bonds. The van der Waals surface area contributed by atoms with Crippen LogP contribution in [-0.2, 0) is 11.2 Å². The maximum Gasteiger partial charge on any atom is 0.410 e. The largest absolute Gasteiger partial charge is 0.444 e. The Labute approximate surface area is 202 Å². The van der Waals surface area contributed by atoms with Crippen LogP contribution in [0.5, 0.6) is 0 Å². The van der Waals surface area contributed by atoms with Crippen molar-refractivity contribution in [1.82, 2.24) is 20.4 Å². The third-order valence-electron chi connectivity index (χ3n) is 5.99. The average molecular weight is 467 g/mol. The number of ether oxygens (including phenoxy) is 1. The Kier molecular flexibility index (Phi) is 8.67. The van der Waals surface area contributed by atoms with E-state index in [9.17, 15) is 4.79 Å². The number of amides is 1. The number of fused-ring (bicyclic) bond motifs is 1. The molecule has 0 aliphatic carbocycles. The van der Waals surface area contributed by atoms with Crippen LogP contribution in [0.3, 0.4) is 0 Å². The van der Waals surface area contributed by atoms with Crippen molar-refractivity contribution in [3.8, 4) is 11.1 Å². The number of hydrogen-bond acceptors (Lipinski definition) is 6. The Hall–Kier alpha value is -2.93. The molecule has 3 aromatic rings. The normalized spacial score (nSPS) is 14.6. The van der Waals surface area contributed by atoms with E-state index in [1.54, 1.807) is 6.20 Å². The van der Waals surface area contributed by atoms with Crippen molar-refractivity contribution in [3.63, 3.8) is 0 Å². The predicted octanol–water partition coefficient (Wildman–Crippen LogP) is 5.61. The van der Waals surface area contributed by atoms with Gasteiger partial charge in [0.1, 0.15) is 5.60 Å². The Bertz CT molecular complexity index is 1060. The topological polar surface area (TPSA) is 80.5 Å². The fourth-order valence-electron chi connectivity index (χ4n) is 4.27. The summed E-state index contributed by atoms with van der Waals surface area (Å²) in [6, 6.07) is 8.25. The van der Waals surface area contributed by atoms with Crippen molar-refractivity contribution in [3.05, 3.63) is 47.9 Å². The van der Waals surface area contributed by atoms with Crippen LogP contribution >= 0.6 is 0 Å². The van der Waals surface area contributed by atoms with Crippen LogP contribution < -0.4 is 5.32 Å². The highest BCUT2D eigenvalue weighted by molar-refractivity contribution is 5.88. The highest BCUT2D eigenvalue weighted by Gasteiger charge is 2.27. The number of benzene rings is 1. The van der Waals surface area contributed by atoms with E-state index in [0.29, 0.717) is 5.92 Å². The van der Waals surface area contributed by atoms with Crippen molar-refractivity contribution in [2.75, 3.05) is 27.2 Å². The molecule has 3 heterocycles. The first-order valence-electron chi connectivity index (χ1n) is 12.1. The molecule has 1 N–H and O–H groups in total. The Morgan fingerprint density at radius 3 is 2.53 bits per heavy atom. The Morgan fingerprint density at radius 2 is 1.91 bits per heavy atom. The lowest BCUT2D eigenvalue weighted by atomic mass is 9.91. The van der Waals surface area contributed by atoms with Gasteiger partial charge in [0.25, 0.3) is 0 Å². The number of nitrogens with zero attached hydrogens (tertiary/aromatic N) is 3. The highest BCUT2D eigenvalue weighted by Crippen LogP contribution is 2.32. The molecule has 0 saturated carbocycles. The van der Waals surface area contributed by atoms with E-state index in [1.807, 2.05) is 52.0 Å². The molecule has 1 aromatic carbocycles. The molecule has 0 radical (unpaired) electrons. The monoisotopic (exact) mass is 466 g/mol. The fourth-order valence-corrected chi connectivity index (χ4v) is 4.27. The van der Waals surface area contributed by atoms with Gasteiger partial charge in [-0.1, -0.05) is 17.3 Å². The van der Waals surface area contributed by atoms with Crippen LogP contribution in [0.2, 0.25) is 0 Å². The first-order valence-corrected chi connectivity index (χ1v) is 12.1. The number of piperidine rings is 1. The van der Waals surface area contributed by atoms with E-state index < -0.39 is 5.60 Å². The van der Waals surface area contributed by atoms with Gasteiger partial charge in [0.15, 0.2) is 5.58 Å². The molecule has 0 atom stereocenters. The van der Waals surface area contributed by atoms with Gasteiger partial charge in [-0.15, -0.1) is 0 Å². The minimum Gasteiger partial charge on any atom is -0.444 e. The van der Waals surface area contributed by atoms with E-state index in [1.165, 1.54) is 0 Å². The van der Waals surface area contributed by atoms with Crippen LogP contribution in [0.25, 0.3) is 22.1 Å². The van der Waals surface area contributed by atoms with Gasteiger partial charge in [0.05, 0.1) is 5.69 Å². The third kappa shape index (κ3) is 6.56. The molecule has 34 heavy (non-hydrogen) atoms. The van der Waals surface area contributed by atoms with Crippen LogP contribution in [0, 0.1) is 12.8 Å². The molecule has 1 aliphatic rings. The summed E-state index contributed by atoms with van der Waals surface area (Å²) in [5, 5.41) is 8.23. The van der Waals surface area contributed by atoms with E-state index >= 15 is 0 Å². The smallest absolute Gasteiger partial charge is 0.410 e. The van der Waals surface area contributed by atoms with Crippen molar-refractivity contribution >= 4 is 17.1 Å². The van der Waals surface area contributed by atoms with Gasteiger partial charge < -0.3 is 19.5 Å². The minimum atomic E-state index is -0.447. The van der Waals surface area contributed by atoms with E-state index in [-0.39, 0.29) is 6.09 Å². The maximum atomic E-state index is 12.3. The number of likely N-dealkylation sites (tertiary alicyclic amines) is 1. The lowest BCUT2D eigenvalue weighted by Gasteiger charge is -2.33. The summed E-state index contributed by atoms with van der Waals surface area (Å²) in [7, 11) is 3.75. The molecular formula is C27H38N4O3. The Balaban J connectivity index is 0.00000103. The molecule has 7 heteroatoms. The molecule has 1 aliphatic heterocycles. The lowest BCUT2D eigenvalue weighted by molar-refractivity contribution is 0.0181. The number of hydrogen-bond donors (Lipinski definition) is 1. The number of rotatable bonds is 4. The summed E-state index contributed by atoms with van der Waals surface area (Å²) in [6.45, 7) is 9.30. The van der Waals surface area contributed by atoms with Gasteiger partial charge in [-0.2, -0.15) is 0 Å². The van der Waals surface area contributed by atoms with Crippen molar-refractivity contribution in [1.29, 1.82) is 0 Å². The molecule has 0 bridgehead atoms. The number of nitrogens with one attached hydrogen (secondary N) is 1. The van der Waals surface area contributed by atoms with E-state index in [4.69, 9.17) is 9.26 Å². The second kappa shape index (κ2) is 11.5. The molecule has 2 aromatic heterocycles. The van der Waals surface area contributed by atoms with Gasteiger partial charge in [-0.05, 0) is 91.1 Å². The summed E-state index contributed by atoms with van der Waals surface area (Å²) in [5.74, 6) is 0.584. The molecule has 184 valence electrons. The first kappa shape index (κ1) is 25.7. The summed E-state index contributed by atoms with van der Waals surface area (Å²) in [5.41, 5.74) is 4.72. The molecule has 1 saturated heterocycles. The van der Waals surface area contributed by atoms with E-state index in [0.717, 1.165) is 72.1 Å². The van der Waals surface area contributed by atoms with Gasteiger partial charge in [0, 0.05) is 42.0 Å². The Morgan fingerprint density at radius 1 is 1.21 bits per heavy atom. The molecule has 7 nitrogen and oxygen atoms in total. The summed E-state index contributed by atoms with van der Waals surface area (Å²) < 4.78 is 11.2. The highest BCUT2D eigenvalue weighted by atomic mass is 16.6. The van der Waals surface area contributed by atoms with E-state index in [2.05, 4.69) is 40.6 Å². The van der Waals surface area contributed by atoms with Gasteiger partial charge in [-0.3, -0.25) is 4.98 Å². The van der Waals surface area contributed by atoms with Crippen molar-refractivity contribution < 1.29 is 14.1 Å². The number of carbonyl (C=O) groups excluding carboxylic acids is 1. The van der Waals surface area contributed by atoms with Crippen LogP contribution in [0.1, 0.15) is 51.3 Å². The van der Waals surface area contributed by atoms with Crippen LogP contribution in [-0.4, -0.2) is 53.9 Å². The number of pyridine rings is 1. The van der Waals surface area contributed by atoms with Crippen molar-refractivity contribution in [2.24, 2.45) is 5.92 Å². The maximum absolute atomic E-state index is 12.3. The summed E-state index contributed by atoms with van der Waals surface area (Å²) in [4.78, 5) is 18.3. The van der Waals surface area contributed by atoms with Crippen LogP contribution in [0.15, 0.2) is 41.2 Å². The molecule has 1 fully saturated rings. The second-order valence-electron chi connectivity index (χ2n) is 9.94. The minimum absolute atomic E-state index is 0.201. The zero-order chi connectivity index (χ0) is 24.7. The number of carbonyl (C=O) groups is 1. The quantitative estimate of drug-likeness (QED) is 0.538. The molecule has 4 rings (SSSR count). The zero-order valence-electron chi connectivity index (χ0n) is 21.4. The van der Waals surface area contributed by atoms with Gasteiger partial charge >= 0.3 is 6.09 Å². The van der Waals surface area contributed by atoms with Crippen LogP contribution in [0.4, 0.5) is 4.79 Å². The standard InChI is InChI=1S/C25H31N3O3.C2H7N/c1-17-20(19-6-5-13-26-16-19)8-9-21-22(27-31-23(17)21)10-7-18-11-14-28(15-12-18)24(29)30-25(2,3)4;1-3-2/h5-6,8-9,13,16,18H,7,10-12,14-15H2,1-4H3;3H,1-2H3. The van der Waals surface area contributed by atoms with Gasteiger partial charge in [0.2, 0.25) is 0 Å². The number of aryl methyl sites for hydroxylation is 2. The summed E-state index contributed by atoms with van der Waals surface area (Å²) >= 11 is 0. The lowest BCUT2D eigenvalue weighted by Crippen LogP contribution is -2.41.